The van der Waals surface area contributed by atoms with E-state index in [2.05, 4.69) is 0 Å². The van der Waals surface area contributed by atoms with Crippen molar-refractivity contribution >= 4 is 142 Å². The second-order valence-electron chi connectivity index (χ2n) is 1.72. The fourth-order valence-corrected chi connectivity index (χ4v) is 0. The van der Waals surface area contributed by atoms with Crippen molar-refractivity contribution in [3.05, 3.63) is 0 Å². The van der Waals surface area contributed by atoms with E-state index in [-0.39, 0.29) is 106 Å². The first-order valence-electron chi connectivity index (χ1n) is 3.20. The Morgan fingerprint density at radius 1 is 0.429 bits per heavy atom. The fraction of sp³-hybridized carbons (Fsp3) is 0. The van der Waals surface area contributed by atoms with Gasteiger partial charge in [0, 0.05) is 0 Å². The summed E-state index contributed by atoms with van der Waals surface area (Å²) in [5, 5.41) is 53.6. The first-order chi connectivity index (χ1) is 7.93. The van der Waals surface area contributed by atoms with Crippen LogP contribution in [0.15, 0.2) is 0 Å². The van der Waals surface area contributed by atoms with Gasteiger partial charge in [0.15, 0.2) is 0 Å². The number of aliphatic carboxylic acids is 6. The van der Waals surface area contributed by atoms with Crippen LogP contribution in [0.1, 0.15) is 0 Å². The summed E-state index contributed by atoms with van der Waals surface area (Å²) in [5.41, 5.74) is 0. The maximum atomic E-state index is 8.93. The molecular weight excluding hydrogens is 416 g/mol. The van der Waals surface area contributed by atoms with Gasteiger partial charge >= 0.3 is 106 Å². The Kier molecular flexibility index (Phi) is 40.4. The average molecular weight is 416 g/mol. The Balaban J connectivity index is -0.0000000375. The smallest absolute Gasteiger partial charge is 0.543 e. The van der Waals surface area contributed by atoms with Crippen LogP contribution in [0.25, 0.3) is 0 Å². The number of carbonyl (C=O) groups is 6. The van der Waals surface area contributed by atoms with Gasteiger partial charge in [-0.25, -0.2) is 0 Å². The SMILES string of the molecule is O=C([O-])C(=O)[O-].O=C([O-])C(=O)[O-].O=C([O-])C(=O)[O-].[Ca+2].[Mg+2].[Sr+2]. The molecule has 0 aliphatic carbocycles. The minimum atomic E-state index is -2.19. The third-order valence-electron chi connectivity index (χ3n) is 0.500. The molecule has 0 unspecified atom stereocenters. The number of carboxylic acid groups (broad SMARTS) is 6. The van der Waals surface area contributed by atoms with Crippen LogP contribution in [0.3, 0.4) is 0 Å². The summed E-state index contributed by atoms with van der Waals surface area (Å²) in [6.07, 6.45) is 0. The van der Waals surface area contributed by atoms with E-state index in [9.17, 15) is 0 Å². The summed E-state index contributed by atoms with van der Waals surface area (Å²) < 4.78 is 0. The summed E-state index contributed by atoms with van der Waals surface area (Å²) in [4.78, 5) is 53.6. The van der Waals surface area contributed by atoms with Crippen LogP contribution in [0.2, 0.25) is 0 Å². The molecule has 0 aliphatic rings. The van der Waals surface area contributed by atoms with Gasteiger partial charge in [-0.2, -0.15) is 0 Å². The van der Waals surface area contributed by atoms with Gasteiger partial charge in [0.1, 0.15) is 0 Å². The third kappa shape index (κ3) is 44.9. The largest absolute Gasteiger partial charge is 2.00 e. The molecule has 0 atom stereocenters. The van der Waals surface area contributed by atoms with Gasteiger partial charge in [0.25, 0.3) is 0 Å². The predicted molar refractivity (Wildman–Crippen MR) is 47.3 cm³/mol. The van der Waals surface area contributed by atoms with Crippen molar-refractivity contribution in [2.75, 3.05) is 0 Å². The first-order valence-corrected chi connectivity index (χ1v) is 3.20. The monoisotopic (exact) mass is 416 g/mol. The van der Waals surface area contributed by atoms with Crippen molar-refractivity contribution in [2.45, 2.75) is 0 Å². The minimum Gasteiger partial charge on any atom is -0.543 e. The van der Waals surface area contributed by atoms with E-state index in [4.69, 9.17) is 59.4 Å². The Bertz CT molecular complexity index is 289. The zero-order chi connectivity index (χ0) is 15.5. The maximum absolute atomic E-state index is 8.93. The molecule has 21 heavy (non-hydrogen) atoms. The van der Waals surface area contributed by atoms with E-state index >= 15 is 0 Å². The van der Waals surface area contributed by atoms with Gasteiger partial charge in [-0.05, 0) is 0 Å². The molecule has 0 aromatic rings. The molecule has 0 saturated carbocycles. The van der Waals surface area contributed by atoms with E-state index < -0.39 is 35.8 Å². The molecule has 0 radical (unpaired) electrons. The van der Waals surface area contributed by atoms with Crippen molar-refractivity contribution in [1.29, 1.82) is 0 Å². The number of rotatable bonds is 0. The number of carboxylic acids is 6. The summed E-state index contributed by atoms with van der Waals surface area (Å²) >= 11 is 0. The van der Waals surface area contributed by atoms with E-state index in [0.29, 0.717) is 0 Å². The van der Waals surface area contributed by atoms with Crippen LogP contribution in [-0.2, 0) is 28.8 Å². The Morgan fingerprint density at radius 2 is 0.476 bits per heavy atom. The summed E-state index contributed by atoms with van der Waals surface area (Å²) in [7, 11) is 0. The van der Waals surface area contributed by atoms with Crippen molar-refractivity contribution in [2.24, 2.45) is 0 Å². The first kappa shape index (κ1) is 37.5. The normalized spacial score (nSPS) is 6.29. The number of hydrogen-bond acceptors (Lipinski definition) is 12. The van der Waals surface area contributed by atoms with Crippen LogP contribution in [0.4, 0.5) is 0 Å². The Labute approximate surface area is 198 Å². The molecule has 0 saturated heterocycles. The second kappa shape index (κ2) is 22.6. The maximum Gasteiger partial charge on any atom is 2.00 e. The molecule has 0 heterocycles. The summed E-state index contributed by atoms with van der Waals surface area (Å²) in [6.45, 7) is 0. The fourth-order valence-electron chi connectivity index (χ4n) is 0. The van der Waals surface area contributed by atoms with Crippen LogP contribution in [0, 0.1) is 0 Å². The van der Waals surface area contributed by atoms with Crippen molar-refractivity contribution < 1.29 is 59.4 Å². The van der Waals surface area contributed by atoms with E-state index in [0.717, 1.165) is 0 Å². The summed E-state index contributed by atoms with van der Waals surface area (Å²) in [6, 6.07) is 0. The Hall–Kier alpha value is 0.326. The van der Waals surface area contributed by atoms with Gasteiger partial charge in [-0.15, -0.1) is 0 Å². The molecule has 0 aliphatic heterocycles. The Morgan fingerprint density at radius 3 is 0.476 bits per heavy atom. The zero-order valence-corrected chi connectivity index (χ0v) is 17.1. The molecule has 102 valence electrons. The molecule has 0 fully saturated rings. The topological polar surface area (TPSA) is 241 Å². The standard InChI is InChI=1S/3C2H2O4.Ca.Mg.Sr/c3*3-1(4)2(5)6;;;/h3*(H,3,4)(H,5,6);;;/q;;;3*+2/p-6. The van der Waals surface area contributed by atoms with Gasteiger partial charge in [0.2, 0.25) is 0 Å². The van der Waals surface area contributed by atoms with Crippen LogP contribution in [0.5, 0.6) is 0 Å². The molecule has 0 N–H and O–H groups in total. The minimum absolute atomic E-state index is 0. The van der Waals surface area contributed by atoms with Crippen molar-refractivity contribution in [3.63, 3.8) is 0 Å². The summed E-state index contributed by atoms with van der Waals surface area (Å²) in [5.74, 6) is -13.1. The zero-order valence-electron chi connectivity index (χ0n) is 10.0. The quantitative estimate of drug-likeness (QED) is 0.264. The van der Waals surface area contributed by atoms with Crippen LogP contribution in [-0.4, -0.2) is 142 Å². The molecule has 0 amide bonds. The molecule has 15 heteroatoms. The molecular formula is C6CaMgO12Sr. The van der Waals surface area contributed by atoms with Crippen molar-refractivity contribution in [1.82, 2.24) is 0 Å². The second-order valence-corrected chi connectivity index (χ2v) is 1.72. The number of hydrogen-bond donors (Lipinski definition) is 0. The predicted octanol–water partition coefficient (Wildman–Crippen LogP) is -11.7. The van der Waals surface area contributed by atoms with Crippen LogP contribution >= 0.6 is 0 Å². The third-order valence-corrected chi connectivity index (χ3v) is 0.500. The van der Waals surface area contributed by atoms with Crippen LogP contribution < -0.4 is 30.6 Å². The van der Waals surface area contributed by atoms with E-state index in [1.165, 1.54) is 0 Å². The van der Waals surface area contributed by atoms with E-state index in [1.54, 1.807) is 0 Å². The van der Waals surface area contributed by atoms with Gasteiger partial charge in [-0.1, -0.05) is 0 Å². The molecule has 0 aromatic heterocycles. The molecule has 0 spiro atoms. The van der Waals surface area contributed by atoms with Gasteiger partial charge in [0.05, 0.1) is 35.8 Å². The molecule has 12 nitrogen and oxygen atoms in total. The van der Waals surface area contributed by atoms with E-state index in [1.807, 2.05) is 0 Å². The van der Waals surface area contributed by atoms with Gasteiger partial charge < -0.3 is 59.4 Å². The van der Waals surface area contributed by atoms with Gasteiger partial charge in [-0.3, -0.25) is 0 Å². The molecule has 0 rings (SSSR count). The van der Waals surface area contributed by atoms with Crippen molar-refractivity contribution in [3.8, 4) is 0 Å². The molecule has 0 aromatic carbocycles. The molecule has 0 bridgehead atoms. The number of carbonyl (C=O) groups excluding carboxylic acids is 6. The average Bonchev–Trinajstić information content (AvgIpc) is 2.18.